The van der Waals surface area contributed by atoms with Crippen LogP contribution in [-0.2, 0) is 4.79 Å². The van der Waals surface area contributed by atoms with Gasteiger partial charge in [0.2, 0.25) is 5.91 Å². The average Bonchev–Trinajstić information content (AvgIpc) is 2.97. The molecule has 2 heterocycles. The van der Waals surface area contributed by atoms with Crippen LogP contribution in [0.3, 0.4) is 0 Å². The molecule has 0 aliphatic carbocycles. The summed E-state index contributed by atoms with van der Waals surface area (Å²) in [6, 6.07) is 7.16. The van der Waals surface area contributed by atoms with E-state index in [1.807, 2.05) is 0 Å². The zero-order valence-corrected chi connectivity index (χ0v) is 12.8. The van der Waals surface area contributed by atoms with Crippen LogP contribution in [0, 0.1) is 5.82 Å². The van der Waals surface area contributed by atoms with Crippen molar-refractivity contribution >= 4 is 23.2 Å². The molecule has 1 aromatic carbocycles. The molecule has 1 amide bonds. The van der Waals surface area contributed by atoms with Gasteiger partial charge in [-0.1, -0.05) is 17.7 Å². The Balaban J connectivity index is 1.86. The Morgan fingerprint density at radius 3 is 2.87 bits per heavy atom. The molecule has 2 unspecified atom stereocenters. The number of alkyl halides is 1. The molecule has 2 N–H and O–H groups in total. The Hall–Kier alpha value is -2.05. The number of rotatable bonds is 3. The molecule has 4 nitrogen and oxygen atoms in total. The summed E-state index contributed by atoms with van der Waals surface area (Å²) in [5.41, 5.74) is 0.500. The maximum Gasteiger partial charge on any atom is 0.241 e. The summed E-state index contributed by atoms with van der Waals surface area (Å²) in [6.45, 7) is 0.129. The molecule has 0 spiro atoms. The fourth-order valence-corrected chi connectivity index (χ4v) is 2.73. The molecule has 0 radical (unpaired) electrons. The lowest BCUT2D eigenvalue weighted by molar-refractivity contribution is -0.117. The number of nitrogens with one attached hydrogen (secondary N) is 2. The molecule has 120 valence electrons. The minimum Gasteiger partial charge on any atom is -0.322 e. The first-order valence-corrected chi connectivity index (χ1v) is 7.52. The van der Waals surface area contributed by atoms with Gasteiger partial charge in [-0.3, -0.25) is 9.78 Å². The highest BCUT2D eigenvalue weighted by Gasteiger charge is 2.29. The molecule has 1 fully saturated rings. The first-order valence-electron chi connectivity index (χ1n) is 7.14. The molecule has 0 bridgehead atoms. The summed E-state index contributed by atoms with van der Waals surface area (Å²) >= 11 is 6.04. The Bertz CT molecular complexity index is 741. The van der Waals surface area contributed by atoms with Gasteiger partial charge in [-0.25, -0.2) is 8.78 Å². The van der Waals surface area contributed by atoms with Crippen molar-refractivity contribution in [3.8, 4) is 11.3 Å². The summed E-state index contributed by atoms with van der Waals surface area (Å²) in [7, 11) is 0. The fourth-order valence-electron chi connectivity index (χ4n) is 2.51. The van der Waals surface area contributed by atoms with E-state index in [0.717, 1.165) is 0 Å². The van der Waals surface area contributed by atoms with Crippen molar-refractivity contribution in [1.82, 2.24) is 10.3 Å². The van der Waals surface area contributed by atoms with Gasteiger partial charge in [-0.05, 0) is 24.3 Å². The molecule has 1 aliphatic heterocycles. The van der Waals surface area contributed by atoms with Crippen LogP contribution in [-0.4, -0.2) is 29.6 Å². The second-order valence-corrected chi connectivity index (χ2v) is 5.69. The van der Waals surface area contributed by atoms with Gasteiger partial charge < -0.3 is 10.6 Å². The lowest BCUT2D eigenvalue weighted by Crippen LogP contribution is -2.35. The Labute approximate surface area is 136 Å². The van der Waals surface area contributed by atoms with Crippen molar-refractivity contribution in [2.24, 2.45) is 0 Å². The van der Waals surface area contributed by atoms with E-state index in [1.54, 1.807) is 18.2 Å². The van der Waals surface area contributed by atoms with Crippen LogP contribution in [0.4, 0.5) is 14.5 Å². The summed E-state index contributed by atoms with van der Waals surface area (Å²) in [5.74, 6) is -1.09. The predicted octanol–water partition coefficient (Wildman–Crippen LogP) is 3.18. The Morgan fingerprint density at radius 2 is 2.17 bits per heavy atom. The molecule has 3 rings (SSSR count). The van der Waals surface area contributed by atoms with Gasteiger partial charge in [-0.15, -0.1) is 0 Å². The third-order valence-corrected chi connectivity index (χ3v) is 3.97. The van der Waals surface area contributed by atoms with Gasteiger partial charge in [0.05, 0.1) is 22.4 Å². The Morgan fingerprint density at radius 1 is 1.35 bits per heavy atom. The van der Waals surface area contributed by atoms with Gasteiger partial charge in [0.25, 0.3) is 0 Å². The highest BCUT2D eigenvalue weighted by atomic mass is 35.5. The van der Waals surface area contributed by atoms with E-state index in [0.29, 0.717) is 10.7 Å². The van der Waals surface area contributed by atoms with Gasteiger partial charge in [-0.2, -0.15) is 0 Å². The maximum absolute atomic E-state index is 14.7. The second-order valence-electron chi connectivity index (χ2n) is 5.28. The quantitative estimate of drug-likeness (QED) is 0.904. The second kappa shape index (κ2) is 6.60. The van der Waals surface area contributed by atoms with Crippen molar-refractivity contribution in [3.05, 3.63) is 47.4 Å². The monoisotopic (exact) mass is 337 g/mol. The molecular formula is C16H14ClF2N3O. The minimum atomic E-state index is -1.06. The molecule has 2 atom stereocenters. The van der Waals surface area contributed by atoms with Crippen molar-refractivity contribution in [1.29, 1.82) is 0 Å². The van der Waals surface area contributed by atoms with Crippen LogP contribution in [0.1, 0.15) is 6.42 Å². The van der Waals surface area contributed by atoms with Crippen LogP contribution < -0.4 is 10.6 Å². The van der Waals surface area contributed by atoms with E-state index in [-0.39, 0.29) is 24.2 Å². The number of pyridine rings is 1. The number of hydrogen-bond acceptors (Lipinski definition) is 3. The highest BCUT2D eigenvalue weighted by molar-refractivity contribution is 6.33. The molecule has 2 aromatic rings. The number of aromatic nitrogens is 1. The van der Waals surface area contributed by atoms with E-state index in [1.165, 1.54) is 18.3 Å². The molecule has 1 aromatic heterocycles. The zero-order valence-electron chi connectivity index (χ0n) is 12.0. The number of benzene rings is 1. The van der Waals surface area contributed by atoms with Crippen molar-refractivity contribution in [3.63, 3.8) is 0 Å². The first kappa shape index (κ1) is 15.8. The number of nitrogens with zero attached hydrogens (tertiary/aromatic N) is 1. The molecule has 0 saturated carbocycles. The van der Waals surface area contributed by atoms with Crippen LogP contribution in [0.25, 0.3) is 11.3 Å². The molecular weight excluding hydrogens is 324 g/mol. The number of carbonyl (C=O) groups excluding carboxylic acids is 1. The third-order valence-electron chi connectivity index (χ3n) is 3.66. The SMILES string of the molecule is O=C(Nc1cccc(-c2ncccc2Cl)c1F)C1CC(F)CN1. The van der Waals surface area contributed by atoms with Crippen LogP contribution in [0.2, 0.25) is 5.02 Å². The van der Waals surface area contributed by atoms with Crippen LogP contribution in [0.15, 0.2) is 36.5 Å². The maximum atomic E-state index is 14.7. The standard InChI is InChI=1S/C16H14ClF2N3O/c17-11-4-2-6-20-15(11)10-3-1-5-12(14(10)19)22-16(23)13-7-9(18)8-21-13/h1-6,9,13,21H,7-8H2,(H,22,23). The number of amides is 1. The normalized spacial score (nSPS) is 20.5. The smallest absolute Gasteiger partial charge is 0.241 e. The van der Waals surface area contributed by atoms with Crippen molar-refractivity contribution < 1.29 is 13.6 Å². The van der Waals surface area contributed by atoms with Gasteiger partial charge in [0, 0.05) is 24.7 Å². The van der Waals surface area contributed by atoms with Crippen molar-refractivity contribution in [2.75, 3.05) is 11.9 Å². The molecule has 1 aliphatic rings. The Kier molecular flexibility index (Phi) is 4.54. The predicted molar refractivity (Wildman–Crippen MR) is 84.6 cm³/mol. The van der Waals surface area contributed by atoms with Crippen LogP contribution >= 0.6 is 11.6 Å². The van der Waals surface area contributed by atoms with Gasteiger partial charge in [0.1, 0.15) is 6.17 Å². The van der Waals surface area contributed by atoms with Crippen molar-refractivity contribution in [2.45, 2.75) is 18.6 Å². The fraction of sp³-hybridized carbons (Fsp3) is 0.250. The topological polar surface area (TPSA) is 54.0 Å². The van der Waals surface area contributed by atoms with E-state index >= 15 is 0 Å². The average molecular weight is 338 g/mol. The molecule has 7 heteroatoms. The summed E-state index contributed by atoms with van der Waals surface area (Å²) in [4.78, 5) is 16.1. The number of anilines is 1. The van der Waals surface area contributed by atoms with E-state index in [4.69, 9.17) is 11.6 Å². The first-order chi connectivity index (χ1) is 11.1. The minimum absolute atomic E-state index is 0.0123. The van der Waals surface area contributed by atoms with Gasteiger partial charge >= 0.3 is 0 Å². The van der Waals surface area contributed by atoms with E-state index in [9.17, 15) is 13.6 Å². The summed E-state index contributed by atoms with van der Waals surface area (Å²) < 4.78 is 27.8. The summed E-state index contributed by atoms with van der Waals surface area (Å²) in [5, 5.41) is 5.56. The largest absolute Gasteiger partial charge is 0.322 e. The van der Waals surface area contributed by atoms with Crippen LogP contribution in [0.5, 0.6) is 0 Å². The van der Waals surface area contributed by atoms with Gasteiger partial charge in [0.15, 0.2) is 5.82 Å². The zero-order chi connectivity index (χ0) is 16.4. The molecule has 23 heavy (non-hydrogen) atoms. The lowest BCUT2D eigenvalue weighted by Gasteiger charge is -2.13. The number of halogens is 3. The van der Waals surface area contributed by atoms with E-state index < -0.39 is 23.9 Å². The molecule has 1 saturated heterocycles. The number of hydrogen-bond donors (Lipinski definition) is 2. The third kappa shape index (κ3) is 3.33. The number of carbonyl (C=O) groups is 1. The lowest BCUT2D eigenvalue weighted by atomic mass is 10.1. The van der Waals surface area contributed by atoms with E-state index in [2.05, 4.69) is 15.6 Å². The highest BCUT2D eigenvalue weighted by Crippen LogP contribution is 2.31. The summed E-state index contributed by atoms with van der Waals surface area (Å²) in [6.07, 6.45) is 0.531.